The van der Waals surface area contributed by atoms with Crippen molar-refractivity contribution < 1.29 is 23.2 Å². The Bertz CT molecular complexity index is 625. The zero-order chi connectivity index (χ0) is 17.0. The summed E-state index contributed by atoms with van der Waals surface area (Å²) in [5.74, 6) is -4.40. The van der Waals surface area contributed by atoms with Crippen LogP contribution < -0.4 is 21.5 Å². The van der Waals surface area contributed by atoms with Gasteiger partial charge in [-0.1, -0.05) is 0 Å². The highest BCUT2D eigenvalue weighted by atomic mass is 35.5. The average molecular weight is 363 g/mol. The van der Waals surface area contributed by atoms with Crippen LogP contribution in [0.1, 0.15) is 23.2 Å². The molecule has 1 aromatic carbocycles. The first kappa shape index (κ1) is 19.8. The van der Waals surface area contributed by atoms with Crippen LogP contribution in [0.15, 0.2) is 24.3 Å². The summed E-state index contributed by atoms with van der Waals surface area (Å²) in [4.78, 5) is 34.8. The van der Waals surface area contributed by atoms with Gasteiger partial charge < -0.3 is 11.1 Å². The van der Waals surface area contributed by atoms with E-state index in [9.17, 15) is 23.2 Å². The highest BCUT2D eigenvalue weighted by Gasteiger charge is 2.27. The monoisotopic (exact) mass is 362 g/mol. The van der Waals surface area contributed by atoms with Crippen LogP contribution in [0.2, 0.25) is 0 Å². The molecule has 4 N–H and O–H groups in total. The number of hydrogen-bond donors (Lipinski definition) is 3. The summed E-state index contributed by atoms with van der Waals surface area (Å²) in [6.07, 6.45) is 0.230. The fourth-order valence-corrected chi connectivity index (χ4v) is 1.93. The number of nitrogens with zero attached hydrogens (tertiary/aromatic N) is 1. The van der Waals surface area contributed by atoms with Gasteiger partial charge in [-0.05, 0) is 24.3 Å². The Labute approximate surface area is 142 Å². The first-order valence-electron chi connectivity index (χ1n) is 6.91. The summed E-state index contributed by atoms with van der Waals surface area (Å²) in [5, 5.41) is 3.18. The van der Waals surface area contributed by atoms with Crippen LogP contribution in [-0.4, -0.2) is 36.7 Å². The van der Waals surface area contributed by atoms with Crippen molar-refractivity contribution in [1.29, 1.82) is 0 Å². The van der Waals surface area contributed by atoms with Crippen molar-refractivity contribution in [3.8, 4) is 0 Å². The third kappa shape index (κ3) is 4.87. The van der Waals surface area contributed by atoms with Gasteiger partial charge >= 0.3 is 0 Å². The minimum absolute atomic E-state index is 0. The van der Waals surface area contributed by atoms with Crippen LogP contribution in [0.5, 0.6) is 0 Å². The van der Waals surface area contributed by atoms with E-state index in [0.29, 0.717) is 5.69 Å². The molecule has 2 rings (SSSR count). The molecular weight excluding hydrogens is 346 g/mol. The second-order valence-corrected chi connectivity index (χ2v) is 5.05. The number of nitrogens with one attached hydrogen (secondary N) is 2. The van der Waals surface area contributed by atoms with Crippen LogP contribution in [0, 0.1) is 0 Å². The van der Waals surface area contributed by atoms with Crippen molar-refractivity contribution >= 4 is 35.8 Å². The van der Waals surface area contributed by atoms with Gasteiger partial charge in [-0.2, -0.15) is 0 Å². The first-order valence-corrected chi connectivity index (χ1v) is 6.91. The molecule has 0 atom stereocenters. The largest absolute Gasteiger partial charge is 0.346 e. The molecule has 0 bridgehead atoms. The molecule has 0 aromatic heterocycles. The standard InChI is InChI=1S/C14H16F2N4O3.ClH/c15-14(16,7-17)8-18-13(23)9-1-3-10(4-2-9)20-12(22)6-5-11(21)19-20;/h1-4H,5-8,17H2,(H,18,23)(H,19,21);1H. The Balaban J connectivity index is 0.00000288. The third-order valence-corrected chi connectivity index (χ3v) is 3.25. The summed E-state index contributed by atoms with van der Waals surface area (Å²) in [6.45, 7) is -1.71. The van der Waals surface area contributed by atoms with Gasteiger partial charge in [0.15, 0.2) is 0 Å². The molecule has 10 heteroatoms. The summed E-state index contributed by atoms with van der Waals surface area (Å²) in [7, 11) is 0. The quantitative estimate of drug-likeness (QED) is 0.713. The fraction of sp³-hybridized carbons (Fsp3) is 0.357. The molecule has 132 valence electrons. The van der Waals surface area contributed by atoms with Crippen LogP contribution in [0.25, 0.3) is 0 Å². The number of hydrogen-bond acceptors (Lipinski definition) is 4. The number of amides is 3. The van der Waals surface area contributed by atoms with Gasteiger partial charge in [0.2, 0.25) is 11.8 Å². The number of rotatable bonds is 5. The molecular formula is C14H17ClF2N4O3. The lowest BCUT2D eigenvalue weighted by Gasteiger charge is -2.27. The Hall–Kier alpha value is -2.26. The zero-order valence-corrected chi connectivity index (χ0v) is 13.4. The lowest BCUT2D eigenvalue weighted by molar-refractivity contribution is -0.130. The molecule has 0 unspecified atom stereocenters. The van der Waals surface area contributed by atoms with E-state index in [1.807, 2.05) is 0 Å². The summed E-state index contributed by atoms with van der Waals surface area (Å²) in [6, 6.07) is 5.64. The molecule has 1 saturated heterocycles. The smallest absolute Gasteiger partial charge is 0.277 e. The van der Waals surface area contributed by atoms with Gasteiger partial charge in [-0.15, -0.1) is 12.4 Å². The van der Waals surface area contributed by atoms with Gasteiger partial charge in [0.05, 0.1) is 18.8 Å². The highest BCUT2D eigenvalue weighted by molar-refractivity contribution is 6.01. The predicted octanol–water partition coefficient (Wildman–Crippen LogP) is 0.590. The molecule has 1 aromatic rings. The lowest BCUT2D eigenvalue weighted by Crippen LogP contribution is -2.50. The number of benzene rings is 1. The van der Waals surface area contributed by atoms with E-state index in [1.54, 1.807) is 0 Å². The molecule has 7 nitrogen and oxygen atoms in total. The number of anilines is 1. The van der Waals surface area contributed by atoms with E-state index in [-0.39, 0.29) is 42.6 Å². The van der Waals surface area contributed by atoms with Crippen molar-refractivity contribution in [3.05, 3.63) is 29.8 Å². The van der Waals surface area contributed by atoms with Crippen molar-refractivity contribution in [2.24, 2.45) is 5.73 Å². The SMILES string of the molecule is Cl.NCC(F)(F)CNC(=O)c1ccc(N2NC(=O)CCC2=O)cc1. The molecule has 0 saturated carbocycles. The van der Waals surface area contributed by atoms with Crippen LogP contribution in [0.3, 0.4) is 0 Å². The molecule has 0 spiro atoms. The molecule has 1 aliphatic rings. The Morgan fingerprint density at radius 2 is 1.88 bits per heavy atom. The summed E-state index contributed by atoms with van der Waals surface area (Å²) < 4.78 is 26.0. The molecule has 24 heavy (non-hydrogen) atoms. The number of nitrogens with two attached hydrogens (primary N) is 1. The van der Waals surface area contributed by atoms with E-state index in [0.717, 1.165) is 5.01 Å². The van der Waals surface area contributed by atoms with Crippen molar-refractivity contribution in [1.82, 2.24) is 10.7 Å². The molecule has 1 fully saturated rings. The summed E-state index contributed by atoms with van der Waals surface area (Å²) >= 11 is 0. The fourth-order valence-electron chi connectivity index (χ4n) is 1.93. The lowest BCUT2D eigenvalue weighted by atomic mass is 10.1. The maximum atomic E-state index is 13.0. The van der Waals surface area contributed by atoms with Gasteiger partial charge in [-0.3, -0.25) is 19.8 Å². The van der Waals surface area contributed by atoms with Gasteiger partial charge in [0.25, 0.3) is 11.8 Å². The van der Waals surface area contributed by atoms with Crippen molar-refractivity contribution in [2.45, 2.75) is 18.8 Å². The number of halogens is 3. The molecule has 0 aliphatic carbocycles. The number of hydrazine groups is 1. The number of carbonyl (C=O) groups is 3. The minimum atomic E-state index is -3.17. The van der Waals surface area contributed by atoms with E-state index < -0.39 is 24.9 Å². The maximum absolute atomic E-state index is 13.0. The van der Waals surface area contributed by atoms with Crippen molar-refractivity contribution in [2.75, 3.05) is 18.1 Å². The third-order valence-electron chi connectivity index (χ3n) is 3.25. The Kier molecular flexibility index (Phi) is 6.61. The molecule has 1 aliphatic heterocycles. The topological polar surface area (TPSA) is 105 Å². The van der Waals surface area contributed by atoms with Gasteiger partial charge in [0, 0.05) is 18.4 Å². The second kappa shape index (κ2) is 8.02. The van der Waals surface area contributed by atoms with E-state index >= 15 is 0 Å². The average Bonchev–Trinajstić information content (AvgIpc) is 2.55. The first-order chi connectivity index (χ1) is 10.8. The van der Waals surface area contributed by atoms with Crippen LogP contribution in [0.4, 0.5) is 14.5 Å². The van der Waals surface area contributed by atoms with E-state index in [2.05, 4.69) is 10.7 Å². The van der Waals surface area contributed by atoms with E-state index in [4.69, 9.17) is 5.73 Å². The molecule has 1 heterocycles. The number of alkyl halides is 2. The predicted molar refractivity (Wildman–Crippen MR) is 84.9 cm³/mol. The molecule has 0 radical (unpaired) electrons. The second-order valence-electron chi connectivity index (χ2n) is 5.05. The normalized spacial score (nSPS) is 14.7. The zero-order valence-electron chi connectivity index (χ0n) is 12.6. The van der Waals surface area contributed by atoms with E-state index in [1.165, 1.54) is 24.3 Å². The van der Waals surface area contributed by atoms with Crippen molar-refractivity contribution in [3.63, 3.8) is 0 Å². The minimum Gasteiger partial charge on any atom is -0.346 e. The van der Waals surface area contributed by atoms with Gasteiger partial charge in [0.1, 0.15) is 0 Å². The Morgan fingerprint density at radius 3 is 2.46 bits per heavy atom. The van der Waals surface area contributed by atoms with Gasteiger partial charge in [-0.25, -0.2) is 13.8 Å². The Morgan fingerprint density at radius 1 is 1.25 bits per heavy atom. The highest BCUT2D eigenvalue weighted by Crippen LogP contribution is 2.18. The summed E-state index contributed by atoms with van der Waals surface area (Å²) in [5.41, 5.74) is 7.83. The van der Waals surface area contributed by atoms with Crippen LogP contribution >= 0.6 is 12.4 Å². The number of carbonyl (C=O) groups excluding carboxylic acids is 3. The molecule has 3 amide bonds. The van der Waals surface area contributed by atoms with Crippen LogP contribution in [-0.2, 0) is 9.59 Å². The maximum Gasteiger partial charge on any atom is 0.277 e.